The van der Waals surface area contributed by atoms with Crippen LogP contribution in [0.25, 0.3) is 11.1 Å². The highest BCUT2D eigenvalue weighted by atomic mass is 16.1. The predicted octanol–water partition coefficient (Wildman–Crippen LogP) is 4.39. The molecule has 3 nitrogen and oxygen atoms in total. The standard InChI is InChI=1S/C22H22N2O/c1-17-6-5-7-18(14-17)15-24-22(25)16-23-21-12-10-20(11-13-21)19-8-3-2-4-9-19/h2-14,23H,15-16H2,1H3,(H,24,25). The third-order valence-electron chi connectivity index (χ3n) is 4.02. The van der Waals surface area contributed by atoms with Crippen LogP contribution in [0.15, 0.2) is 78.9 Å². The van der Waals surface area contributed by atoms with E-state index in [1.54, 1.807) is 0 Å². The summed E-state index contributed by atoms with van der Waals surface area (Å²) in [5, 5.41) is 6.09. The van der Waals surface area contributed by atoms with Crippen LogP contribution in [-0.4, -0.2) is 12.5 Å². The van der Waals surface area contributed by atoms with Crippen LogP contribution < -0.4 is 10.6 Å². The lowest BCUT2D eigenvalue weighted by Gasteiger charge is -2.09. The molecule has 0 fully saturated rings. The molecule has 0 heterocycles. The topological polar surface area (TPSA) is 41.1 Å². The molecular formula is C22H22N2O. The van der Waals surface area contributed by atoms with Gasteiger partial charge in [0.2, 0.25) is 5.91 Å². The summed E-state index contributed by atoms with van der Waals surface area (Å²) in [6.45, 7) is 2.86. The Morgan fingerprint density at radius 2 is 1.56 bits per heavy atom. The first-order chi connectivity index (χ1) is 12.2. The van der Waals surface area contributed by atoms with E-state index in [2.05, 4.69) is 41.0 Å². The average molecular weight is 330 g/mol. The summed E-state index contributed by atoms with van der Waals surface area (Å²) in [4.78, 5) is 12.0. The summed E-state index contributed by atoms with van der Waals surface area (Å²) in [6.07, 6.45) is 0. The number of carbonyl (C=O) groups excluding carboxylic acids is 1. The van der Waals surface area contributed by atoms with Crippen LogP contribution in [0.1, 0.15) is 11.1 Å². The highest BCUT2D eigenvalue weighted by Gasteiger charge is 2.02. The highest BCUT2D eigenvalue weighted by molar-refractivity contribution is 5.80. The van der Waals surface area contributed by atoms with Crippen molar-refractivity contribution in [1.29, 1.82) is 0 Å². The summed E-state index contributed by atoms with van der Waals surface area (Å²) >= 11 is 0. The largest absolute Gasteiger partial charge is 0.376 e. The summed E-state index contributed by atoms with van der Waals surface area (Å²) in [6, 6.07) is 26.5. The quantitative estimate of drug-likeness (QED) is 0.704. The van der Waals surface area contributed by atoms with Gasteiger partial charge in [-0.25, -0.2) is 0 Å². The van der Waals surface area contributed by atoms with E-state index in [1.807, 2.05) is 55.5 Å². The molecule has 3 aromatic carbocycles. The molecule has 0 radical (unpaired) electrons. The van der Waals surface area contributed by atoms with Crippen molar-refractivity contribution in [2.75, 3.05) is 11.9 Å². The van der Waals surface area contributed by atoms with Gasteiger partial charge in [-0.05, 0) is 35.7 Å². The number of nitrogens with one attached hydrogen (secondary N) is 2. The van der Waals surface area contributed by atoms with Crippen LogP contribution in [0.3, 0.4) is 0 Å². The van der Waals surface area contributed by atoms with E-state index in [9.17, 15) is 4.79 Å². The first-order valence-electron chi connectivity index (χ1n) is 8.42. The van der Waals surface area contributed by atoms with Gasteiger partial charge in [-0.15, -0.1) is 0 Å². The fourth-order valence-corrected chi connectivity index (χ4v) is 2.68. The molecular weight excluding hydrogens is 308 g/mol. The van der Waals surface area contributed by atoms with Gasteiger partial charge in [-0.1, -0.05) is 72.3 Å². The van der Waals surface area contributed by atoms with Gasteiger partial charge in [0.1, 0.15) is 0 Å². The molecule has 2 N–H and O–H groups in total. The number of aryl methyl sites for hydroxylation is 1. The first kappa shape index (κ1) is 16.8. The van der Waals surface area contributed by atoms with E-state index in [1.165, 1.54) is 11.1 Å². The molecule has 3 rings (SSSR count). The van der Waals surface area contributed by atoms with Gasteiger partial charge in [0.05, 0.1) is 6.54 Å². The van der Waals surface area contributed by atoms with Crippen LogP contribution in [-0.2, 0) is 11.3 Å². The second-order valence-electron chi connectivity index (χ2n) is 6.06. The van der Waals surface area contributed by atoms with Gasteiger partial charge in [-0.3, -0.25) is 4.79 Å². The Kier molecular flexibility index (Phi) is 5.47. The summed E-state index contributed by atoms with van der Waals surface area (Å²) < 4.78 is 0. The maximum Gasteiger partial charge on any atom is 0.239 e. The fraction of sp³-hybridized carbons (Fsp3) is 0.136. The van der Waals surface area contributed by atoms with Crippen molar-refractivity contribution in [1.82, 2.24) is 5.32 Å². The minimum atomic E-state index is -0.0198. The van der Waals surface area contributed by atoms with E-state index in [0.717, 1.165) is 16.8 Å². The van der Waals surface area contributed by atoms with Crippen molar-refractivity contribution in [3.63, 3.8) is 0 Å². The number of benzene rings is 3. The Bertz CT molecular complexity index is 826. The molecule has 0 aliphatic rings. The van der Waals surface area contributed by atoms with E-state index in [-0.39, 0.29) is 12.5 Å². The average Bonchev–Trinajstić information content (AvgIpc) is 2.66. The van der Waals surface area contributed by atoms with Gasteiger partial charge in [0.25, 0.3) is 0 Å². The number of anilines is 1. The molecule has 0 unspecified atom stereocenters. The zero-order valence-corrected chi connectivity index (χ0v) is 14.3. The van der Waals surface area contributed by atoms with Gasteiger partial charge in [0, 0.05) is 12.2 Å². The first-order valence-corrected chi connectivity index (χ1v) is 8.42. The molecule has 25 heavy (non-hydrogen) atoms. The second-order valence-corrected chi connectivity index (χ2v) is 6.06. The molecule has 3 aromatic rings. The molecule has 0 saturated carbocycles. The number of hydrogen-bond acceptors (Lipinski definition) is 2. The Morgan fingerprint density at radius 1 is 0.840 bits per heavy atom. The predicted molar refractivity (Wildman–Crippen MR) is 103 cm³/mol. The van der Waals surface area contributed by atoms with Crippen molar-refractivity contribution in [3.8, 4) is 11.1 Å². The minimum Gasteiger partial charge on any atom is -0.376 e. The number of hydrogen-bond donors (Lipinski definition) is 2. The van der Waals surface area contributed by atoms with Crippen LogP contribution in [0.5, 0.6) is 0 Å². The van der Waals surface area contributed by atoms with Crippen LogP contribution >= 0.6 is 0 Å². The maximum absolute atomic E-state index is 12.0. The Balaban J connectivity index is 1.49. The summed E-state index contributed by atoms with van der Waals surface area (Å²) in [5.74, 6) is -0.0198. The third-order valence-corrected chi connectivity index (χ3v) is 4.02. The number of rotatable bonds is 6. The fourth-order valence-electron chi connectivity index (χ4n) is 2.68. The Hall–Kier alpha value is -3.07. The molecule has 0 aliphatic carbocycles. The van der Waals surface area contributed by atoms with Crippen LogP contribution in [0, 0.1) is 6.92 Å². The van der Waals surface area contributed by atoms with Gasteiger partial charge in [-0.2, -0.15) is 0 Å². The lowest BCUT2D eigenvalue weighted by atomic mass is 10.1. The second kappa shape index (κ2) is 8.15. The molecule has 0 aromatic heterocycles. The minimum absolute atomic E-state index is 0.0198. The Labute approximate surface area is 148 Å². The molecule has 0 aliphatic heterocycles. The normalized spacial score (nSPS) is 10.3. The molecule has 126 valence electrons. The van der Waals surface area contributed by atoms with Gasteiger partial charge >= 0.3 is 0 Å². The highest BCUT2D eigenvalue weighted by Crippen LogP contribution is 2.20. The zero-order valence-electron chi connectivity index (χ0n) is 14.3. The van der Waals surface area contributed by atoms with Crippen molar-refractivity contribution >= 4 is 11.6 Å². The molecule has 0 spiro atoms. The van der Waals surface area contributed by atoms with E-state index in [4.69, 9.17) is 0 Å². The van der Waals surface area contributed by atoms with Crippen LogP contribution in [0.4, 0.5) is 5.69 Å². The van der Waals surface area contributed by atoms with Crippen LogP contribution in [0.2, 0.25) is 0 Å². The molecule has 0 atom stereocenters. The van der Waals surface area contributed by atoms with Crippen molar-refractivity contribution in [2.24, 2.45) is 0 Å². The monoisotopic (exact) mass is 330 g/mol. The van der Waals surface area contributed by atoms with Crippen molar-refractivity contribution in [2.45, 2.75) is 13.5 Å². The smallest absolute Gasteiger partial charge is 0.239 e. The summed E-state index contributed by atoms with van der Waals surface area (Å²) in [7, 11) is 0. The summed E-state index contributed by atoms with van der Waals surface area (Å²) in [5.41, 5.74) is 5.59. The molecule has 0 bridgehead atoms. The molecule has 1 amide bonds. The number of amides is 1. The lowest BCUT2D eigenvalue weighted by Crippen LogP contribution is -2.29. The maximum atomic E-state index is 12.0. The van der Waals surface area contributed by atoms with E-state index in [0.29, 0.717) is 6.54 Å². The zero-order chi connectivity index (χ0) is 17.5. The van der Waals surface area contributed by atoms with E-state index < -0.39 is 0 Å². The number of carbonyl (C=O) groups is 1. The van der Waals surface area contributed by atoms with Gasteiger partial charge in [0.15, 0.2) is 0 Å². The lowest BCUT2D eigenvalue weighted by molar-refractivity contribution is -0.119. The Morgan fingerprint density at radius 3 is 2.28 bits per heavy atom. The third kappa shape index (κ3) is 4.95. The van der Waals surface area contributed by atoms with E-state index >= 15 is 0 Å². The van der Waals surface area contributed by atoms with Gasteiger partial charge < -0.3 is 10.6 Å². The van der Waals surface area contributed by atoms with Crippen molar-refractivity contribution < 1.29 is 4.79 Å². The SMILES string of the molecule is Cc1cccc(CNC(=O)CNc2ccc(-c3ccccc3)cc2)c1. The molecule has 3 heteroatoms. The molecule has 0 saturated heterocycles. The van der Waals surface area contributed by atoms with Crippen molar-refractivity contribution in [3.05, 3.63) is 90.0 Å².